The van der Waals surface area contributed by atoms with E-state index >= 15 is 0 Å². The maximum absolute atomic E-state index is 11.9. The van der Waals surface area contributed by atoms with Gasteiger partial charge in [-0.15, -0.1) is 0 Å². The second kappa shape index (κ2) is 10.5. The summed E-state index contributed by atoms with van der Waals surface area (Å²) in [6, 6.07) is 4.29. The molecule has 1 aliphatic rings. The number of sulfonamides is 1. The minimum absolute atomic E-state index is 0.116. The Balaban J connectivity index is 0.000000350. The average Bonchev–Trinajstić information content (AvgIpc) is 2.54. The highest BCUT2D eigenvalue weighted by molar-refractivity contribution is 7.89. The van der Waals surface area contributed by atoms with Crippen LogP contribution in [0.15, 0.2) is 29.2 Å². The molecule has 0 radical (unpaired) electrons. The Morgan fingerprint density at radius 2 is 1.27 bits per heavy atom. The fourth-order valence-corrected chi connectivity index (χ4v) is 3.18. The van der Waals surface area contributed by atoms with Crippen LogP contribution in [0, 0.1) is 0 Å². The minimum Gasteiger partial charge on any atom is -0.318 e. The third-order valence-electron chi connectivity index (χ3n) is 3.95. The van der Waals surface area contributed by atoms with E-state index in [4.69, 9.17) is 0 Å². The number of carbonyl (C=O) groups excluding carboxylic acids is 1. The molecule has 148 valence electrons. The molecule has 26 heavy (non-hydrogen) atoms. The third-order valence-corrected chi connectivity index (χ3v) is 5.38. The number of anilines is 1. The van der Waals surface area contributed by atoms with Crippen LogP contribution in [0.3, 0.4) is 0 Å². The predicted octanol–water partition coefficient (Wildman–Crippen LogP) is 4.22. The Bertz CT molecular complexity index is 635. The van der Waals surface area contributed by atoms with Crippen molar-refractivity contribution in [3.05, 3.63) is 24.3 Å². The first-order chi connectivity index (χ1) is 12.2. The first kappa shape index (κ1) is 22.4. The van der Waals surface area contributed by atoms with E-state index in [-0.39, 0.29) is 10.6 Å². The Kier molecular flexibility index (Phi) is 9.07. The highest BCUT2D eigenvalue weighted by Gasteiger charge is 2.38. The molecule has 1 aromatic carbocycles. The molecule has 2 N–H and O–H groups in total. The molecule has 0 bridgehead atoms. The Morgan fingerprint density at radius 1 is 0.885 bits per heavy atom. The molecule has 0 spiro atoms. The smallest absolute Gasteiger partial charge is 0.318 e. The normalized spacial score (nSPS) is 15.8. The first-order valence-electron chi connectivity index (χ1n) is 8.58. The standard InChI is InChI=1S/C9H9F3N2O3S.C8H16/c1-13-18(16,17)7-4-2-6(3-5-7)14-8(15)9(10,11)12;1-2-4-6-8-7-5-3-1/h2-5,13H,1H3,(H,14,15);1-8H2. The third kappa shape index (κ3) is 8.18. The summed E-state index contributed by atoms with van der Waals surface area (Å²) in [6.45, 7) is 0. The van der Waals surface area contributed by atoms with Crippen LogP contribution in [0.5, 0.6) is 0 Å². The number of hydrogen-bond donors (Lipinski definition) is 2. The SMILES string of the molecule is C1CCCCCCC1.CNS(=O)(=O)c1ccc(NC(=O)C(F)(F)F)cc1. The molecular weight excluding hydrogens is 369 g/mol. The molecule has 0 unspecified atom stereocenters. The van der Waals surface area contributed by atoms with E-state index in [1.165, 1.54) is 58.4 Å². The van der Waals surface area contributed by atoms with Gasteiger partial charge in [0.1, 0.15) is 0 Å². The van der Waals surface area contributed by atoms with Crippen molar-refractivity contribution >= 4 is 21.6 Å². The van der Waals surface area contributed by atoms with Crippen LogP contribution in [0.2, 0.25) is 0 Å². The number of rotatable bonds is 3. The molecule has 5 nitrogen and oxygen atoms in total. The fraction of sp³-hybridized carbons (Fsp3) is 0.588. The van der Waals surface area contributed by atoms with Gasteiger partial charge in [-0.1, -0.05) is 51.4 Å². The monoisotopic (exact) mass is 394 g/mol. The lowest BCUT2D eigenvalue weighted by atomic mass is 10.0. The van der Waals surface area contributed by atoms with E-state index < -0.39 is 22.1 Å². The molecule has 1 fully saturated rings. The molecule has 2 rings (SSSR count). The number of alkyl halides is 3. The summed E-state index contributed by atoms with van der Waals surface area (Å²) < 4.78 is 60.5. The molecule has 0 saturated heterocycles. The molecule has 1 aliphatic carbocycles. The average molecular weight is 394 g/mol. The largest absolute Gasteiger partial charge is 0.471 e. The molecule has 0 aliphatic heterocycles. The second-order valence-corrected chi connectivity index (χ2v) is 7.90. The Hall–Kier alpha value is -1.61. The zero-order valence-corrected chi connectivity index (χ0v) is 15.5. The van der Waals surface area contributed by atoms with Gasteiger partial charge >= 0.3 is 12.1 Å². The fourth-order valence-electron chi connectivity index (χ4n) is 2.45. The van der Waals surface area contributed by atoms with Crippen molar-refractivity contribution in [2.24, 2.45) is 0 Å². The number of amides is 1. The molecular formula is C17H25F3N2O3S. The van der Waals surface area contributed by atoms with Gasteiger partial charge in [0.05, 0.1) is 4.90 Å². The Labute approximate surface area is 152 Å². The van der Waals surface area contributed by atoms with Gasteiger partial charge in [0.2, 0.25) is 10.0 Å². The van der Waals surface area contributed by atoms with Crippen LogP contribution in [0.4, 0.5) is 18.9 Å². The van der Waals surface area contributed by atoms with Gasteiger partial charge < -0.3 is 5.32 Å². The van der Waals surface area contributed by atoms with Gasteiger partial charge in [-0.2, -0.15) is 13.2 Å². The van der Waals surface area contributed by atoms with E-state index in [2.05, 4.69) is 0 Å². The van der Waals surface area contributed by atoms with Crippen molar-refractivity contribution < 1.29 is 26.4 Å². The van der Waals surface area contributed by atoms with Gasteiger partial charge in [-0.25, -0.2) is 13.1 Å². The molecule has 0 heterocycles. The van der Waals surface area contributed by atoms with Gasteiger partial charge in [0.25, 0.3) is 0 Å². The lowest BCUT2D eigenvalue weighted by Crippen LogP contribution is -2.29. The lowest BCUT2D eigenvalue weighted by Gasteiger charge is -2.08. The summed E-state index contributed by atoms with van der Waals surface area (Å²) in [5, 5.41) is 1.60. The van der Waals surface area contributed by atoms with Gasteiger partial charge in [0.15, 0.2) is 0 Å². The van der Waals surface area contributed by atoms with Gasteiger partial charge in [-0.05, 0) is 31.3 Å². The van der Waals surface area contributed by atoms with E-state index in [1.807, 2.05) is 4.72 Å². The van der Waals surface area contributed by atoms with Crippen molar-refractivity contribution in [3.8, 4) is 0 Å². The lowest BCUT2D eigenvalue weighted by molar-refractivity contribution is -0.167. The molecule has 1 saturated carbocycles. The summed E-state index contributed by atoms with van der Waals surface area (Å²) in [6.07, 6.45) is 7.01. The second-order valence-electron chi connectivity index (χ2n) is 6.01. The van der Waals surface area contributed by atoms with Crippen LogP contribution >= 0.6 is 0 Å². The predicted molar refractivity (Wildman–Crippen MR) is 94.3 cm³/mol. The molecule has 1 amide bonds. The number of carbonyl (C=O) groups is 1. The van der Waals surface area contributed by atoms with E-state index in [1.54, 1.807) is 5.32 Å². The zero-order chi connectivity index (χ0) is 19.6. The van der Waals surface area contributed by atoms with Crippen LogP contribution in [-0.4, -0.2) is 27.5 Å². The summed E-state index contributed by atoms with van der Waals surface area (Å²) in [5.74, 6) is -2.12. The van der Waals surface area contributed by atoms with Crippen molar-refractivity contribution in [2.45, 2.75) is 62.4 Å². The maximum atomic E-state index is 11.9. The molecule has 0 aromatic heterocycles. The maximum Gasteiger partial charge on any atom is 0.471 e. The summed E-state index contributed by atoms with van der Waals surface area (Å²) in [5.41, 5.74) is -0.146. The highest BCUT2D eigenvalue weighted by Crippen LogP contribution is 2.19. The topological polar surface area (TPSA) is 75.3 Å². The van der Waals surface area contributed by atoms with E-state index in [9.17, 15) is 26.4 Å². The van der Waals surface area contributed by atoms with Crippen LogP contribution < -0.4 is 10.0 Å². The van der Waals surface area contributed by atoms with Crippen molar-refractivity contribution in [1.82, 2.24) is 4.72 Å². The summed E-state index contributed by atoms with van der Waals surface area (Å²) in [7, 11) is -2.45. The number of nitrogens with one attached hydrogen (secondary N) is 2. The van der Waals surface area contributed by atoms with Crippen molar-refractivity contribution in [2.75, 3.05) is 12.4 Å². The summed E-state index contributed by atoms with van der Waals surface area (Å²) in [4.78, 5) is 10.5. The summed E-state index contributed by atoms with van der Waals surface area (Å²) >= 11 is 0. The number of hydrogen-bond acceptors (Lipinski definition) is 3. The van der Waals surface area contributed by atoms with E-state index in [0.717, 1.165) is 24.3 Å². The first-order valence-corrected chi connectivity index (χ1v) is 10.1. The van der Waals surface area contributed by atoms with Crippen LogP contribution in [-0.2, 0) is 14.8 Å². The molecule has 0 atom stereocenters. The highest BCUT2D eigenvalue weighted by atomic mass is 32.2. The van der Waals surface area contributed by atoms with Gasteiger partial charge in [-0.3, -0.25) is 4.79 Å². The number of benzene rings is 1. The van der Waals surface area contributed by atoms with Gasteiger partial charge in [0, 0.05) is 5.69 Å². The molecule has 9 heteroatoms. The minimum atomic E-state index is -4.99. The molecule has 1 aromatic rings. The van der Waals surface area contributed by atoms with Crippen molar-refractivity contribution in [1.29, 1.82) is 0 Å². The van der Waals surface area contributed by atoms with Crippen molar-refractivity contribution in [3.63, 3.8) is 0 Å². The Morgan fingerprint density at radius 3 is 1.58 bits per heavy atom. The zero-order valence-electron chi connectivity index (χ0n) is 14.7. The van der Waals surface area contributed by atoms with E-state index in [0.29, 0.717) is 0 Å². The quantitative estimate of drug-likeness (QED) is 0.806. The van der Waals surface area contributed by atoms with Crippen LogP contribution in [0.1, 0.15) is 51.4 Å². The van der Waals surface area contributed by atoms with Crippen LogP contribution in [0.25, 0.3) is 0 Å². The number of halogens is 3.